The zero-order chi connectivity index (χ0) is 13.8. The second-order valence-corrected chi connectivity index (χ2v) is 3.58. The summed E-state index contributed by atoms with van der Waals surface area (Å²) in [5, 5.41) is 0. The second-order valence-electron chi connectivity index (χ2n) is 3.58. The summed E-state index contributed by atoms with van der Waals surface area (Å²) in [6.45, 7) is 0. The molecule has 0 heterocycles. The van der Waals surface area contributed by atoms with E-state index in [9.17, 15) is 22.0 Å². The van der Waals surface area contributed by atoms with Gasteiger partial charge in [-0.15, -0.1) is 0 Å². The molecule has 6 heteroatoms. The highest BCUT2D eigenvalue weighted by molar-refractivity contribution is 5.50. The van der Waals surface area contributed by atoms with Gasteiger partial charge in [0.05, 0.1) is 7.11 Å². The Kier molecular flexibility index (Phi) is 4.32. The topological polar surface area (TPSA) is 9.23 Å². The van der Waals surface area contributed by atoms with Gasteiger partial charge in [-0.05, 0) is 17.7 Å². The van der Waals surface area contributed by atoms with Crippen molar-refractivity contribution >= 4 is 6.08 Å². The molecule has 1 nitrogen and oxygen atoms in total. The van der Waals surface area contributed by atoms with Gasteiger partial charge in [0.1, 0.15) is 5.75 Å². The standard InChI is InChI=1S/C12H11F5O/c1-18-10-6-4-9(5-7-10)3-2-8-11(13,14)12(15,16)17/h2-7H,8H2,1H3/b3-2+. The maximum atomic E-state index is 12.6. The van der Waals surface area contributed by atoms with Crippen LogP contribution in [0.1, 0.15) is 12.0 Å². The van der Waals surface area contributed by atoms with Crippen LogP contribution >= 0.6 is 0 Å². The van der Waals surface area contributed by atoms with Gasteiger partial charge in [-0.1, -0.05) is 24.3 Å². The molecule has 0 saturated carbocycles. The number of halogens is 5. The van der Waals surface area contributed by atoms with Crippen LogP contribution in [-0.4, -0.2) is 19.2 Å². The molecule has 0 bridgehead atoms. The number of benzene rings is 1. The van der Waals surface area contributed by atoms with Crippen molar-refractivity contribution in [1.82, 2.24) is 0 Å². The summed E-state index contributed by atoms with van der Waals surface area (Å²) in [6.07, 6.45) is -4.88. The highest BCUT2D eigenvalue weighted by Gasteiger charge is 2.56. The molecule has 1 aromatic rings. The number of hydrogen-bond donors (Lipinski definition) is 0. The third-order valence-corrected chi connectivity index (χ3v) is 2.22. The molecule has 0 N–H and O–H groups in total. The molecule has 1 aromatic carbocycles. The maximum Gasteiger partial charge on any atom is 0.453 e. The number of ether oxygens (including phenoxy) is 1. The normalized spacial score (nSPS) is 13.0. The number of allylic oxidation sites excluding steroid dienone is 1. The van der Waals surface area contributed by atoms with Crippen LogP contribution in [0.4, 0.5) is 22.0 Å². The first-order chi connectivity index (χ1) is 8.26. The first kappa shape index (κ1) is 14.5. The summed E-state index contributed by atoms with van der Waals surface area (Å²) in [5.74, 6) is -4.12. The summed E-state index contributed by atoms with van der Waals surface area (Å²) in [5.41, 5.74) is 0.522. The second kappa shape index (κ2) is 5.37. The highest BCUT2D eigenvalue weighted by atomic mass is 19.4. The van der Waals surface area contributed by atoms with Gasteiger partial charge in [0.15, 0.2) is 0 Å². The van der Waals surface area contributed by atoms with E-state index in [0.29, 0.717) is 11.3 Å². The van der Waals surface area contributed by atoms with Gasteiger partial charge in [0.2, 0.25) is 0 Å². The first-order valence-corrected chi connectivity index (χ1v) is 5.01. The minimum Gasteiger partial charge on any atom is -0.497 e. The summed E-state index contributed by atoms with van der Waals surface area (Å²) in [6, 6.07) is 6.28. The first-order valence-electron chi connectivity index (χ1n) is 5.01. The van der Waals surface area contributed by atoms with E-state index in [1.807, 2.05) is 0 Å². The zero-order valence-electron chi connectivity index (χ0n) is 9.47. The van der Waals surface area contributed by atoms with E-state index in [-0.39, 0.29) is 0 Å². The SMILES string of the molecule is COc1ccc(/C=C/CC(F)(F)C(F)(F)F)cc1. The van der Waals surface area contributed by atoms with Crippen LogP contribution in [0.25, 0.3) is 6.08 Å². The molecule has 18 heavy (non-hydrogen) atoms. The molecule has 100 valence electrons. The fraction of sp³-hybridized carbons (Fsp3) is 0.333. The van der Waals surface area contributed by atoms with Gasteiger partial charge in [-0.2, -0.15) is 22.0 Å². The largest absolute Gasteiger partial charge is 0.497 e. The molecule has 0 radical (unpaired) electrons. The number of rotatable bonds is 4. The van der Waals surface area contributed by atoms with Gasteiger partial charge in [0, 0.05) is 6.42 Å². The van der Waals surface area contributed by atoms with Gasteiger partial charge >= 0.3 is 12.1 Å². The third-order valence-electron chi connectivity index (χ3n) is 2.22. The van der Waals surface area contributed by atoms with Crippen LogP contribution in [-0.2, 0) is 0 Å². The van der Waals surface area contributed by atoms with Crippen molar-refractivity contribution in [3.63, 3.8) is 0 Å². The average molecular weight is 266 g/mol. The number of hydrogen-bond acceptors (Lipinski definition) is 1. The van der Waals surface area contributed by atoms with Crippen molar-refractivity contribution in [3.05, 3.63) is 35.9 Å². The lowest BCUT2D eigenvalue weighted by Gasteiger charge is -2.17. The summed E-state index contributed by atoms with van der Waals surface area (Å²) in [4.78, 5) is 0. The molecule has 0 amide bonds. The molecule has 0 saturated heterocycles. The van der Waals surface area contributed by atoms with Crippen molar-refractivity contribution in [2.45, 2.75) is 18.5 Å². The molecule has 0 aliphatic rings. The minimum atomic E-state index is -5.52. The lowest BCUT2D eigenvalue weighted by Crippen LogP contribution is -2.35. The fourth-order valence-corrected chi connectivity index (χ4v) is 1.17. The predicted octanol–water partition coefficient (Wildman–Crippen LogP) is 4.30. The summed E-state index contributed by atoms with van der Waals surface area (Å²) < 4.78 is 65.6. The molecule has 0 unspecified atom stereocenters. The van der Waals surface area contributed by atoms with Crippen LogP contribution in [0.5, 0.6) is 5.75 Å². The van der Waals surface area contributed by atoms with E-state index in [1.165, 1.54) is 13.2 Å². The van der Waals surface area contributed by atoms with Crippen molar-refractivity contribution in [2.75, 3.05) is 7.11 Å². The average Bonchev–Trinajstić information content (AvgIpc) is 2.28. The minimum absolute atomic E-state index is 0.522. The molecule has 0 aromatic heterocycles. The molecular weight excluding hydrogens is 255 g/mol. The van der Waals surface area contributed by atoms with E-state index in [4.69, 9.17) is 4.74 Å². The van der Waals surface area contributed by atoms with Gasteiger partial charge in [0.25, 0.3) is 0 Å². The van der Waals surface area contributed by atoms with Crippen LogP contribution < -0.4 is 4.74 Å². The van der Waals surface area contributed by atoms with Gasteiger partial charge in [-0.3, -0.25) is 0 Å². The third kappa shape index (κ3) is 3.72. The Morgan fingerprint density at radius 2 is 1.61 bits per heavy atom. The maximum absolute atomic E-state index is 12.6. The van der Waals surface area contributed by atoms with Crippen LogP contribution in [0.3, 0.4) is 0 Å². The van der Waals surface area contributed by atoms with E-state index in [1.54, 1.807) is 24.3 Å². The molecule has 0 fully saturated rings. The smallest absolute Gasteiger partial charge is 0.453 e. The molecule has 1 rings (SSSR count). The van der Waals surface area contributed by atoms with Crippen molar-refractivity contribution in [2.24, 2.45) is 0 Å². The Bertz CT molecular complexity index is 405. The molecule has 0 atom stereocenters. The lowest BCUT2D eigenvalue weighted by atomic mass is 10.1. The van der Waals surface area contributed by atoms with Crippen molar-refractivity contribution in [1.29, 1.82) is 0 Å². The monoisotopic (exact) mass is 266 g/mol. The number of alkyl halides is 5. The van der Waals surface area contributed by atoms with Gasteiger partial charge in [-0.25, -0.2) is 0 Å². The molecular formula is C12H11F5O. The van der Waals surface area contributed by atoms with E-state index in [2.05, 4.69) is 0 Å². The summed E-state index contributed by atoms with van der Waals surface area (Å²) >= 11 is 0. The van der Waals surface area contributed by atoms with Crippen molar-refractivity contribution in [3.8, 4) is 5.75 Å². The Hall–Kier alpha value is -1.59. The quantitative estimate of drug-likeness (QED) is 0.738. The van der Waals surface area contributed by atoms with Gasteiger partial charge < -0.3 is 4.74 Å². The van der Waals surface area contributed by atoms with Crippen LogP contribution in [0.2, 0.25) is 0 Å². The number of methoxy groups -OCH3 is 1. The molecule has 0 spiro atoms. The fourth-order valence-electron chi connectivity index (χ4n) is 1.17. The van der Waals surface area contributed by atoms with E-state index < -0.39 is 18.5 Å². The van der Waals surface area contributed by atoms with Crippen molar-refractivity contribution < 1.29 is 26.7 Å². The zero-order valence-corrected chi connectivity index (χ0v) is 9.47. The Morgan fingerprint density at radius 3 is 2.06 bits per heavy atom. The van der Waals surface area contributed by atoms with Crippen LogP contribution in [0.15, 0.2) is 30.3 Å². The Morgan fingerprint density at radius 1 is 1.06 bits per heavy atom. The highest BCUT2D eigenvalue weighted by Crippen LogP contribution is 2.38. The predicted molar refractivity (Wildman–Crippen MR) is 57.6 cm³/mol. The molecule has 0 aliphatic carbocycles. The summed E-state index contributed by atoms with van der Waals surface area (Å²) in [7, 11) is 1.47. The van der Waals surface area contributed by atoms with E-state index >= 15 is 0 Å². The van der Waals surface area contributed by atoms with E-state index in [0.717, 1.165) is 6.08 Å². The molecule has 0 aliphatic heterocycles. The lowest BCUT2D eigenvalue weighted by molar-refractivity contribution is -0.280. The Labute approximate surface area is 101 Å². The Balaban J connectivity index is 2.65. The van der Waals surface area contributed by atoms with Crippen LogP contribution in [0, 0.1) is 0 Å².